The number of oxime groups is 1. The van der Waals surface area contributed by atoms with Crippen molar-refractivity contribution < 1.29 is 5.21 Å². The van der Waals surface area contributed by atoms with E-state index in [0.29, 0.717) is 11.9 Å². The zero-order valence-corrected chi connectivity index (χ0v) is 11.0. The molecule has 0 bridgehead atoms. The molecule has 0 aliphatic heterocycles. The number of nitrogens with one attached hydrogen (secondary N) is 1. The van der Waals surface area contributed by atoms with Crippen LogP contribution in [0.3, 0.4) is 0 Å². The molecule has 5 heteroatoms. The Hall–Kier alpha value is -0.420. The number of hydrogen-bond donors (Lipinski definition) is 3. The average Bonchev–Trinajstić information content (AvgIpc) is 2.35. The Morgan fingerprint density at radius 2 is 2.12 bits per heavy atom. The zero-order valence-electron chi connectivity index (χ0n) is 10.1. The van der Waals surface area contributed by atoms with Gasteiger partial charge in [-0.05, 0) is 38.4 Å². The van der Waals surface area contributed by atoms with Gasteiger partial charge in [0, 0.05) is 11.3 Å². The van der Waals surface area contributed by atoms with E-state index >= 15 is 0 Å². The van der Waals surface area contributed by atoms with Gasteiger partial charge in [0.15, 0.2) is 5.84 Å². The highest BCUT2D eigenvalue weighted by Crippen LogP contribution is 2.27. The topological polar surface area (TPSA) is 70.6 Å². The van der Waals surface area contributed by atoms with Crippen molar-refractivity contribution in [3.63, 3.8) is 0 Å². The van der Waals surface area contributed by atoms with Crippen LogP contribution in [-0.2, 0) is 0 Å². The summed E-state index contributed by atoms with van der Waals surface area (Å²) in [7, 11) is 0. The van der Waals surface area contributed by atoms with Crippen molar-refractivity contribution >= 4 is 17.6 Å². The molecule has 94 valence electrons. The molecule has 1 fully saturated rings. The first-order chi connectivity index (χ1) is 7.71. The van der Waals surface area contributed by atoms with Crippen molar-refractivity contribution in [3.8, 4) is 0 Å². The van der Waals surface area contributed by atoms with Crippen LogP contribution in [0.5, 0.6) is 0 Å². The predicted molar refractivity (Wildman–Crippen MR) is 70.2 cm³/mol. The maximum atomic E-state index is 8.67. The number of amidine groups is 1. The number of thioether (sulfide) groups is 1. The van der Waals surface area contributed by atoms with E-state index in [9.17, 15) is 0 Å². The summed E-state index contributed by atoms with van der Waals surface area (Å²) in [5, 5.41) is 16.0. The van der Waals surface area contributed by atoms with Gasteiger partial charge < -0.3 is 16.3 Å². The van der Waals surface area contributed by atoms with Gasteiger partial charge in [0.2, 0.25) is 0 Å². The Morgan fingerprint density at radius 3 is 2.56 bits per heavy atom. The van der Waals surface area contributed by atoms with Crippen molar-refractivity contribution in [2.24, 2.45) is 10.9 Å². The largest absolute Gasteiger partial charge is 0.409 e. The molecule has 1 atom stereocenters. The lowest BCUT2D eigenvalue weighted by atomic mass is 9.94. The first-order valence-corrected chi connectivity index (χ1v) is 7.26. The molecule has 0 aromatic rings. The molecule has 1 aliphatic rings. The fraction of sp³-hybridized carbons (Fsp3) is 0.909. The molecular weight excluding hydrogens is 222 g/mol. The molecule has 0 saturated heterocycles. The molecule has 1 saturated carbocycles. The van der Waals surface area contributed by atoms with E-state index < -0.39 is 0 Å². The van der Waals surface area contributed by atoms with Crippen molar-refractivity contribution in [2.45, 2.75) is 56.4 Å². The second kappa shape index (κ2) is 7.01. The Bertz CT molecular complexity index is 227. The predicted octanol–water partition coefficient (Wildman–Crippen LogP) is 1.78. The van der Waals surface area contributed by atoms with Gasteiger partial charge in [-0.1, -0.05) is 12.1 Å². The van der Waals surface area contributed by atoms with E-state index in [0.717, 1.165) is 11.7 Å². The van der Waals surface area contributed by atoms with Crippen LogP contribution in [0.15, 0.2) is 5.16 Å². The van der Waals surface area contributed by atoms with Crippen molar-refractivity contribution in [1.82, 2.24) is 5.32 Å². The summed E-state index contributed by atoms with van der Waals surface area (Å²) < 4.78 is 0. The van der Waals surface area contributed by atoms with E-state index in [4.69, 9.17) is 10.9 Å². The fourth-order valence-corrected chi connectivity index (χ4v) is 2.98. The molecule has 0 aromatic heterocycles. The summed E-state index contributed by atoms with van der Waals surface area (Å²) in [5.41, 5.74) is 5.63. The fourth-order valence-electron chi connectivity index (χ4n) is 2.23. The van der Waals surface area contributed by atoms with Crippen LogP contribution in [0.1, 0.15) is 39.0 Å². The van der Waals surface area contributed by atoms with Crippen molar-refractivity contribution in [1.29, 1.82) is 0 Å². The molecule has 0 amide bonds. The molecule has 1 unspecified atom stereocenters. The summed E-state index contributed by atoms with van der Waals surface area (Å²) in [6.45, 7) is 2.04. The number of hydrogen-bond acceptors (Lipinski definition) is 4. The average molecular weight is 245 g/mol. The molecule has 0 spiro atoms. The highest BCUT2D eigenvalue weighted by molar-refractivity contribution is 7.99. The maximum Gasteiger partial charge on any atom is 0.156 e. The smallest absolute Gasteiger partial charge is 0.156 e. The third kappa shape index (κ3) is 3.87. The molecule has 1 aliphatic carbocycles. The summed E-state index contributed by atoms with van der Waals surface area (Å²) >= 11 is 1.97. The molecule has 0 radical (unpaired) electrons. The Kier molecular flexibility index (Phi) is 5.98. The van der Waals surface area contributed by atoms with Gasteiger partial charge in [0.25, 0.3) is 0 Å². The molecule has 0 aromatic carbocycles. The third-order valence-electron chi connectivity index (χ3n) is 3.33. The molecule has 16 heavy (non-hydrogen) atoms. The van der Waals surface area contributed by atoms with E-state index in [-0.39, 0.29) is 6.04 Å². The molecule has 1 rings (SSSR count). The zero-order chi connectivity index (χ0) is 12.0. The Labute approximate surface area is 102 Å². The van der Waals surface area contributed by atoms with Gasteiger partial charge in [-0.15, -0.1) is 0 Å². The van der Waals surface area contributed by atoms with Crippen LogP contribution in [0, 0.1) is 0 Å². The first-order valence-electron chi connectivity index (χ1n) is 5.97. The quantitative estimate of drug-likeness (QED) is 0.299. The van der Waals surface area contributed by atoms with Gasteiger partial charge in [0.1, 0.15) is 0 Å². The van der Waals surface area contributed by atoms with Gasteiger partial charge in [0.05, 0.1) is 6.04 Å². The SMILES string of the molecule is CCC(NC1CCC(SC)CC1)C(N)=NO. The number of nitrogens with zero attached hydrogens (tertiary/aromatic N) is 1. The van der Waals surface area contributed by atoms with Crippen LogP contribution in [0.4, 0.5) is 0 Å². The minimum atomic E-state index is 0.0147. The second-order valence-electron chi connectivity index (χ2n) is 4.36. The van der Waals surface area contributed by atoms with Crippen LogP contribution >= 0.6 is 11.8 Å². The van der Waals surface area contributed by atoms with Crippen molar-refractivity contribution in [2.75, 3.05) is 6.26 Å². The lowest BCUT2D eigenvalue weighted by molar-refractivity contribution is 0.309. The molecule has 0 heterocycles. The number of rotatable bonds is 5. The van der Waals surface area contributed by atoms with Crippen LogP contribution in [0.2, 0.25) is 0 Å². The van der Waals surface area contributed by atoms with E-state index in [2.05, 4.69) is 16.7 Å². The lowest BCUT2D eigenvalue weighted by Gasteiger charge is -2.30. The standard InChI is InChI=1S/C11H23N3OS/c1-3-10(11(12)14-15)13-8-4-6-9(16-2)7-5-8/h8-10,13,15H,3-7H2,1-2H3,(H2,12,14). The summed E-state index contributed by atoms with van der Waals surface area (Å²) in [6, 6.07) is 0.537. The van der Waals surface area contributed by atoms with Crippen molar-refractivity contribution in [3.05, 3.63) is 0 Å². The highest BCUT2D eigenvalue weighted by Gasteiger charge is 2.23. The highest BCUT2D eigenvalue weighted by atomic mass is 32.2. The van der Waals surface area contributed by atoms with Crippen LogP contribution < -0.4 is 11.1 Å². The maximum absolute atomic E-state index is 8.67. The monoisotopic (exact) mass is 245 g/mol. The Balaban J connectivity index is 2.37. The minimum Gasteiger partial charge on any atom is -0.409 e. The van der Waals surface area contributed by atoms with Crippen LogP contribution in [0.25, 0.3) is 0 Å². The lowest BCUT2D eigenvalue weighted by Crippen LogP contribution is -2.47. The van der Waals surface area contributed by atoms with E-state index in [1.807, 2.05) is 18.7 Å². The molecular formula is C11H23N3OS. The number of nitrogens with two attached hydrogens (primary N) is 1. The van der Waals surface area contributed by atoms with Gasteiger partial charge in [-0.25, -0.2) is 0 Å². The van der Waals surface area contributed by atoms with Gasteiger partial charge in [-0.3, -0.25) is 0 Å². The van der Waals surface area contributed by atoms with Crippen LogP contribution in [-0.4, -0.2) is 34.6 Å². The Morgan fingerprint density at radius 1 is 1.50 bits per heavy atom. The molecule has 4 nitrogen and oxygen atoms in total. The summed E-state index contributed by atoms with van der Waals surface area (Å²) in [6.07, 6.45) is 7.97. The van der Waals surface area contributed by atoms with Gasteiger partial charge >= 0.3 is 0 Å². The first kappa shape index (κ1) is 13.6. The molecule has 4 N–H and O–H groups in total. The second-order valence-corrected chi connectivity index (χ2v) is 5.50. The van der Waals surface area contributed by atoms with Gasteiger partial charge in [-0.2, -0.15) is 11.8 Å². The normalized spacial score (nSPS) is 29.0. The summed E-state index contributed by atoms with van der Waals surface area (Å²) in [4.78, 5) is 0. The van der Waals surface area contributed by atoms with E-state index in [1.54, 1.807) is 0 Å². The minimum absolute atomic E-state index is 0.0147. The summed E-state index contributed by atoms with van der Waals surface area (Å²) in [5.74, 6) is 0.300. The van der Waals surface area contributed by atoms with E-state index in [1.165, 1.54) is 25.7 Å². The third-order valence-corrected chi connectivity index (χ3v) is 4.46.